The van der Waals surface area contributed by atoms with Crippen LogP contribution in [0.3, 0.4) is 0 Å². The highest BCUT2D eigenvalue weighted by molar-refractivity contribution is 7.99. The van der Waals surface area contributed by atoms with Gasteiger partial charge in [0.25, 0.3) is 5.91 Å². The SMILES string of the molecule is CCNS(=O)(=O)c1ccc(C(=O)NC2CCSc3ccccc32)cc1. The summed E-state index contributed by atoms with van der Waals surface area (Å²) in [6.45, 7) is 2.04. The van der Waals surface area contributed by atoms with Crippen molar-refractivity contribution in [3.63, 3.8) is 0 Å². The lowest BCUT2D eigenvalue weighted by atomic mass is 10.0. The van der Waals surface area contributed by atoms with Crippen LogP contribution in [0.15, 0.2) is 58.3 Å². The molecule has 7 heteroatoms. The Morgan fingerprint density at radius 1 is 1.16 bits per heavy atom. The zero-order valence-electron chi connectivity index (χ0n) is 13.9. The first kappa shape index (κ1) is 18.0. The molecule has 0 aliphatic carbocycles. The normalized spacial score (nSPS) is 16.9. The zero-order chi connectivity index (χ0) is 17.9. The van der Waals surface area contributed by atoms with Crippen molar-refractivity contribution in [1.29, 1.82) is 0 Å². The second kappa shape index (κ2) is 7.59. The highest BCUT2D eigenvalue weighted by Gasteiger charge is 2.22. The molecule has 1 aliphatic heterocycles. The average molecular weight is 377 g/mol. The predicted octanol–water partition coefficient (Wildman–Crippen LogP) is 2.95. The summed E-state index contributed by atoms with van der Waals surface area (Å²) >= 11 is 1.80. The second-order valence-corrected chi connectivity index (χ2v) is 8.63. The number of thioether (sulfide) groups is 1. The molecule has 1 unspecified atom stereocenters. The van der Waals surface area contributed by atoms with Crippen molar-refractivity contribution in [1.82, 2.24) is 10.0 Å². The standard InChI is InChI=1S/C18H20N2O3S2/c1-2-19-25(22,23)14-9-7-13(8-10-14)18(21)20-16-11-12-24-17-6-4-3-5-15(16)17/h3-10,16,19H,2,11-12H2,1H3,(H,20,21). The third-order valence-electron chi connectivity index (χ3n) is 4.03. The molecule has 0 saturated carbocycles. The lowest BCUT2D eigenvalue weighted by Crippen LogP contribution is -2.30. The number of carbonyl (C=O) groups is 1. The fourth-order valence-electron chi connectivity index (χ4n) is 2.79. The summed E-state index contributed by atoms with van der Waals surface area (Å²) in [5.74, 6) is 0.765. The van der Waals surface area contributed by atoms with E-state index in [1.807, 2.05) is 18.2 Å². The van der Waals surface area contributed by atoms with Gasteiger partial charge in [-0.15, -0.1) is 11.8 Å². The second-order valence-electron chi connectivity index (χ2n) is 5.73. The first-order valence-corrected chi connectivity index (χ1v) is 10.6. The summed E-state index contributed by atoms with van der Waals surface area (Å²) in [5, 5.41) is 3.06. The molecule has 5 nitrogen and oxygen atoms in total. The Morgan fingerprint density at radius 3 is 2.60 bits per heavy atom. The Morgan fingerprint density at radius 2 is 1.88 bits per heavy atom. The van der Waals surface area contributed by atoms with Crippen LogP contribution < -0.4 is 10.0 Å². The molecule has 0 aromatic heterocycles. The van der Waals surface area contributed by atoms with Crippen LogP contribution in [0, 0.1) is 0 Å². The van der Waals surface area contributed by atoms with E-state index in [2.05, 4.69) is 16.1 Å². The minimum Gasteiger partial charge on any atom is -0.345 e. The minimum absolute atomic E-state index is 0.0184. The van der Waals surface area contributed by atoms with Gasteiger partial charge in [-0.2, -0.15) is 0 Å². The van der Waals surface area contributed by atoms with Crippen LogP contribution in [0.1, 0.15) is 35.3 Å². The number of carbonyl (C=O) groups excluding carboxylic acids is 1. The van der Waals surface area contributed by atoms with E-state index >= 15 is 0 Å². The van der Waals surface area contributed by atoms with Gasteiger partial charge >= 0.3 is 0 Å². The smallest absolute Gasteiger partial charge is 0.251 e. The molecule has 1 aliphatic rings. The lowest BCUT2D eigenvalue weighted by molar-refractivity contribution is 0.0935. The van der Waals surface area contributed by atoms with Crippen LogP contribution in [-0.4, -0.2) is 26.6 Å². The van der Waals surface area contributed by atoms with Crippen LogP contribution >= 0.6 is 11.8 Å². The van der Waals surface area contributed by atoms with Gasteiger partial charge in [0, 0.05) is 22.8 Å². The molecule has 2 aromatic carbocycles. The average Bonchev–Trinajstić information content (AvgIpc) is 2.62. The van der Waals surface area contributed by atoms with Crippen molar-refractivity contribution >= 4 is 27.7 Å². The molecule has 0 fully saturated rings. The Labute approximate surface area is 152 Å². The Bertz CT molecular complexity index is 864. The number of hydrogen-bond acceptors (Lipinski definition) is 4. The molecular formula is C18H20N2O3S2. The fraction of sp³-hybridized carbons (Fsp3) is 0.278. The first-order chi connectivity index (χ1) is 12.0. The topological polar surface area (TPSA) is 75.3 Å². The van der Waals surface area contributed by atoms with Crippen LogP contribution in [0.5, 0.6) is 0 Å². The molecule has 1 amide bonds. The number of hydrogen-bond donors (Lipinski definition) is 2. The maximum absolute atomic E-state index is 12.5. The number of fused-ring (bicyclic) bond motifs is 1. The van der Waals surface area contributed by atoms with E-state index in [9.17, 15) is 13.2 Å². The maximum atomic E-state index is 12.5. The van der Waals surface area contributed by atoms with Crippen molar-refractivity contribution in [2.24, 2.45) is 0 Å². The summed E-state index contributed by atoms with van der Waals surface area (Å²) in [6.07, 6.45) is 0.875. The molecule has 1 heterocycles. The van der Waals surface area contributed by atoms with Crippen molar-refractivity contribution in [2.75, 3.05) is 12.3 Å². The van der Waals surface area contributed by atoms with Gasteiger partial charge in [-0.3, -0.25) is 4.79 Å². The van der Waals surface area contributed by atoms with Gasteiger partial charge in [0.05, 0.1) is 10.9 Å². The highest BCUT2D eigenvalue weighted by Crippen LogP contribution is 2.35. The summed E-state index contributed by atoms with van der Waals surface area (Å²) in [7, 11) is -3.50. The molecule has 0 saturated heterocycles. The van der Waals surface area contributed by atoms with E-state index in [1.165, 1.54) is 17.0 Å². The molecule has 0 bridgehead atoms. The van der Waals surface area contributed by atoms with E-state index in [4.69, 9.17) is 0 Å². The van der Waals surface area contributed by atoms with Gasteiger partial charge in [-0.25, -0.2) is 13.1 Å². The summed E-state index contributed by atoms with van der Waals surface area (Å²) < 4.78 is 26.3. The van der Waals surface area contributed by atoms with Crippen LogP contribution in [-0.2, 0) is 10.0 Å². The molecule has 0 radical (unpaired) electrons. The largest absolute Gasteiger partial charge is 0.345 e. The van der Waals surface area contributed by atoms with Crippen LogP contribution in [0.2, 0.25) is 0 Å². The lowest BCUT2D eigenvalue weighted by Gasteiger charge is -2.25. The van der Waals surface area contributed by atoms with E-state index in [1.54, 1.807) is 30.8 Å². The molecule has 25 heavy (non-hydrogen) atoms. The number of nitrogens with one attached hydrogen (secondary N) is 2. The summed E-state index contributed by atoms with van der Waals surface area (Å²) in [4.78, 5) is 13.9. The Hall–Kier alpha value is -1.83. The number of amides is 1. The Kier molecular flexibility index (Phi) is 5.46. The summed E-state index contributed by atoms with van der Waals surface area (Å²) in [5.41, 5.74) is 1.59. The van der Waals surface area contributed by atoms with Crippen molar-refractivity contribution in [3.05, 3.63) is 59.7 Å². The quantitative estimate of drug-likeness (QED) is 0.841. The third kappa shape index (κ3) is 4.05. The van der Waals surface area contributed by atoms with Crippen LogP contribution in [0.25, 0.3) is 0 Å². The number of sulfonamides is 1. The highest BCUT2D eigenvalue weighted by atomic mass is 32.2. The van der Waals surface area contributed by atoms with Crippen LogP contribution in [0.4, 0.5) is 0 Å². The van der Waals surface area contributed by atoms with Gasteiger partial charge in [-0.1, -0.05) is 25.1 Å². The van der Waals surface area contributed by atoms with Gasteiger partial charge < -0.3 is 5.32 Å². The Balaban J connectivity index is 1.75. The molecule has 2 aromatic rings. The zero-order valence-corrected chi connectivity index (χ0v) is 15.5. The molecular weight excluding hydrogens is 356 g/mol. The molecule has 0 spiro atoms. The summed E-state index contributed by atoms with van der Waals surface area (Å²) in [6, 6.07) is 14.1. The van der Waals surface area contributed by atoms with Crippen molar-refractivity contribution in [3.8, 4) is 0 Å². The third-order valence-corrected chi connectivity index (χ3v) is 6.71. The van der Waals surface area contributed by atoms with E-state index in [-0.39, 0.29) is 16.8 Å². The van der Waals surface area contributed by atoms with E-state index in [0.717, 1.165) is 17.7 Å². The van der Waals surface area contributed by atoms with Gasteiger partial charge in [0.15, 0.2) is 0 Å². The van der Waals surface area contributed by atoms with Crippen molar-refractivity contribution < 1.29 is 13.2 Å². The van der Waals surface area contributed by atoms with E-state index < -0.39 is 10.0 Å². The number of rotatable bonds is 5. The monoisotopic (exact) mass is 376 g/mol. The number of benzene rings is 2. The van der Waals surface area contributed by atoms with Gasteiger partial charge in [0.2, 0.25) is 10.0 Å². The maximum Gasteiger partial charge on any atom is 0.251 e. The fourth-order valence-corrected chi connectivity index (χ4v) is 4.96. The minimum atomic E-state index is -3.50. The van der Waals surface area contributed by atoms with Gasteiger partial charge in [-0.05, 0) is 42.3 Å². The molecule has 3 rings (SSSR count). The van der Waals surface area contributed by atoms with E-state index in [0.29, 0.717) is 12.1 Å². The van der Waals surface area contributed by atoms with Crippen molar-refractivity contribution in [2.45, 2.75) is 29.2 Å². The molecule has 132 valence electrons. The predicted molar refractivity (Wildman–Crippen MR) is 99.3 cm³/mol. The molecule has 1 atom stereocenters. The molecule has 2 N–H and O–H groups in total. The van der Waals surface area contributed by atoms with Gasteiger partial charge in [0.1, 0.15) is 0 Å². The first-order valence-electron chi connectivity index (χ1n) is 8.13.